The fourth-order valence-electron chi connectivity index (χ4n) is 5.46. The number of carboxylic acids is 1. The zero-order valence-electron chi connectivity index (χ0n) is 25.6. The van der Waals surface area contributed by atoms with Crippen LogP contribution in [0.2, 0.25) is 0 Å². The van der Waals surface area contributed by atoms with Gasteiger partial charge >= 0.3 is 5.97 Å². The van der Waals surface area contributed by atoms with Gasteiger partial charge in [-0.1, -0.05) is 80.9 Å². The molecule has 4 rings (SSSR count). The van der Waals surface area contributed by atoms with Gasteiger partial charge in [0.1, 0.15) is 12.1 Å². The van der Waals surface area contributed by atoms with Crippen LogP contribution in [0, 0.1) is 5.92 Å². The van der Waals surface area contributed by atoms with Gasteiger partial charge in [0.15, 0.2) is 11.6 Å². The fourth-order valence-corrected chi connectivity index (χ4v) is 5.46. The fraction of sp³-hybridized carbons (Fsp3) is 0.382. The minimum atomic E-state index is -1.04. The molecule has 2 aliphatic heterocycles. The van der Waals surface area contributed by atoms with Crippen molar-refractivity contribution < 1.29 is 29.1 Å². The van der Waals surface area contributed by atoms with Crippen molar-refractivity contribution in [2.75, 3.05) is 13.1 Å². The molecule has 238 valence electrons. The van der Waals surface area contributed by atoms with Gasteiger partial charge in [-0.25, -0.2) is 4.79 Å². The van der Waals surface area contributed by atoms with Crippen LogP contribution in [-0.2, 0) is 36.8 Å². The van der Waals surface area contributed by atoms with Crippen LogP contribution in [0.1, 0.15) is 44.2 Å². The van der Waals surface area contributed by atoms with E-state index in [9.17, 15) is 29.1 Å². The topological polar surface area (TPSA) is 162 Å². The Kier molecular flexibility index (Phi) is 11.3. The zero-order chi connectivity index (χ0) is 32.5. The monoisotopic (exact) mass is 615 g/mol. The van der Waals surface area contributed by atoms with E-state index >= 15 is 0 Å². The van der Waals surface area contributed by atoms with E-state index in [0.29, 0.717) is 24.2 Å². The van der Waals surface area contributed by atoms with Crippen molar-refractivity contribution in [1.29, 1.82) is 0 Å². The summed E-state index contributed by atoms with van der Waals surface area (Å²) in [4.78, 5) is 67.2. The molecule has 2 amide bonds. The lowest BCUT2D eigenvalue weighted by molar-refractivity contribution is -0.140. The number of carbonyl (C=O) groups excluding carboxylic acids is 4. The number of nitrogens with zero attached hydrogens (tertiary/aromatic N) is 2. The minimum Gasteiger partial charge on any atom is -0.480 e. The molecule has 0 saturated heterocycles. The Morgan fingerprint density at radius 3 is 1.80 bits per heavy atom. The van der Waals surface area contributed by atoms with Crippen molar-refractivity contribution in [1.82, 2.24) is 20.4 Å². The Labute approximate surface area is 263 Å². The number of allylic oxidation sites excluding steroid dienone is 2. The van der Waals surface area contributed by atoms with Crippen LogP contribution in [0.5, 0.6) is 0 Å². The number of carbonyl (C=O) groups is 5. The van der Waals surface area contributed by atoms with Crippen LogP contribution in [0.4, 0.5) is 0 Å². The number of rotatable bonds is 13. The Morgan fingerprint density at radius 1 is 0.800 bits per heavy atom. The summed E-state index contributed by atoms with van der Waals surface area (Å²) in [6.07, 6.45) is 4.17. The molecule has 4 atom stereocenters. The third-order valence-corrected chi connectivity index (χ3v) is 8.03. The Hall–Kier alpha value is -4.77. The van der Waals surface area contributed by atoms with E-state index in [4.69, 9.17) is 5.73 Å². The number of Topliss-reactive ketones (excluding diaryl/α,β-unsaturated/α-hetero) is 2. The number of benzene rings is 2. The average molecular weight is 616 g/mol. The second-order valence-electron chi connectivity index (χ2n) is 11.7. The van der Waals surface area contributed by atoms with Gasteiger partial charge in [0.05, 0.1) is 19.1 Å². The lowest BCUT2D eigenvalue weighted by Crippen LogP contribution is -2.51. The van der Waals surface area contributed by atoms with Crippen molar-refractivity contribution in [3.05, 3.63) is 95.6 Å². The normalized spacial score (nSPS) is 17.8. The van der Waals surface area contributed by atoms with Crippen LogP contribution in [-0.4, -0.2) is 75.5 Å². The largest absolute Gasteiger partial charge is 0.480 e. The lowest BCUT2D eigenvalue weighted by Gasteiger charge is -2.32. The number of hydrogen-bond donors (Lipinski definition) is 4. The van der Waals surface area contributed by atoms with Crippen LogP contribution >= 0.6 is 0 Å². The van der Waals surface area contributed by atoms with Crippen molar-refractivity contribution in [2.24, 2.45) is 11.7 Å². The van der Waals surface area contributed by atoms with Gasteiger partial charge in [-0.3, -0.25) is 19.2 Å². The first-order valence-electron chi connectivity index (χ1n) is 15.2. The van der Waals surface area contributed by atoms with Gasteiger partial charge in [-0.15, -0.1) is 0 Å². The highest BCUT2D eigenvalue weighted by Crippen LogP contribution is 2.19. The summed E-state index contributed by atoms with van der Waals surface area (Å²) in [5, 5.41) is 15.9. The summed E-state index contributed by atoms with van der Waals surface area (Å²) in [6.45, 7) is 3.40. The van der Waals surface area contributed by atoms with Gasteiger partial charge in [0.2, 0.25) is 11.8 Å². The number of hydrogen-bond acceptors (Lipinski definition) is 8. The molecule has 2 aromatic carbocycles. The van der Waals surface area contributed by atoms with Crippen molar-refractivity contribution in [3.63, 3.8) is 0 Å². The highest BCUT2D eigenvalue weighted by Gasteiger charge is 2.33. The molecule has 45 heavy (non-hydrogen) atoms. The molecule has 0 radical (unpaired) electrons. The molecule has 0 bridgehead atoms. The number of nitrogens with two attached hydrogens (primary N) is 1. The first-order chi connectivity index (χ1) is 21.5. The lowest BCUT2D eigenvalue weighted by atomic mass is 9.98. The molecule has 2 aliphatic rings. The van der Waals surface area contributed by atoms with Gasteiger partial charge in [-0.05, 0) is 23.5 Å². The summed E-state index contributed by atoms with van der Waals surface area (Å²) in [5.74, 6) is -2.54. The molecule has 0 fully saturated rings. The van der Waals surface area contributed by atoms with Gasteiger partial charge in [0, 0.05) is 43.1 Å². The molecular formula is C34H41N5O6. The molecule has 0 saturated carbocycles. The highest BCUT2D eigenvalue weighted by atomic mass is 16.4. The summed E-state index contributed by atoms with van der Waals surface area (Å²) >= 11 is 0. The van der Waals surface area contributed by atoms with Gasteiger partial charge in [-0.2, -0.15) is 0 Å². The summed E-state index contributed by atoms with van der Waals surface area (Å²) in [6, 6.07) is 16.0. The Balaban J connectivity index is 1.57. The molecule has 5 N–H and O–H groups in total. The smallest absolute Gasteiger partial charge is 0.326 e. The maximum Gasteiger partial charge on any atom is 0.326 e. The van der Waals surface area contributed by atoms with Gasteiger partial charge in [0.25, 0.3) is 0 Å². The summed E-state index contributed by atoms with van der Waals surface area (Å²) < 4.78 is 0. The Bertz CT molecular complexity index is 1460. The third-order valence-electron chi connectivity index (χ3n) is 8.03. The quantitative estimate of drug-likeness (QED) is 0.265. The van der Waals surface area contributed by atoms with E-state index in [-0.39, 0.29) is 49.8 Å². The SMILES string of the molecule is CCC(C)C(NC1=CN(C(=O)C(Cc2ccccc2)NC2=CN(C(=O)C(N)Cc3ccccc3)CC(=O)C2)CC(=O)C1)C(=O)O. The van der Waals surface area contributed by atoms with E-state index in [1.165, 1.54) is 22.2 Å². The second-order valence-corrected chi connectivity index (χ2v) is 11.7. The Morgan fingerprint density at radius 2 is 1.29 bits per heavy atom. The number of nitrogens with one attached hydrogen (secondary N) is 2. The van der Waals surface area contributed by atoms with Crippen molar-refractivity contribution in [3.8, 4) is 0 Å². The number of ketones is 2. The molecule has 2 heterocycles. The molecule has 11 heteroatoms. The first-order valence-corrected chi connectivity index (χ1v) is 15.2. The number of aliphatic carboxylic acids is 1. The highest BCUT2D eigenvalue weighted by molar-refractivity contribution is 5.93. The van der Waals surface area contributed by atoms with E-state index < -0.39 is 35.9 Å². The van der Waals surface area contributed by atoms with E-state index in [0.717, 1.165) is 11.1 Å². The van der Waals surface area contributed by atoms with Gasteiger partial charge < -0.3 is 31.3 Å². The van der Waals surface area contributed by atoms with Crippen LogP contribution in [0.15, 0.2) is 84.5 Å². The van der Waals surface area contributed by atoms with Crippen molar-refractivity contribution in [2.45, 2.75) is 64.1 Å². The number of amides is 2. The minimum absolute atomic E-state index is 0.00690. The second kappa shape index (κ2) is 15.3. The molecular weight excluding hydrogens is 574 g/mol. The van der Waals surface area contributed by atoms with E-state index in [1.54, 1.807) is 0 Å². The molecule has 11 nitrogen and oxygen atoms in total. The first kappa shape index (κ1) is 33.1. The van der Waals surface area contributed by atoms with E-state index in [2.05, 4.69) is 10.6 Å². The van der Waals surface area contributed by atoms with Crippen LogP contribution in [0.25, 0.3) is 0 Å². The summed E-state index contributed by atoms with van der Waals surface area (Å²) in [7, 11) is 0. The molecule has 2 aromatic rings. The maximum absolute atomic E-state index is 14.0. The molecule has 0 aromatic heterocycles. The standard InChI is InChI=1S/C34H41N5O6/c1-3-22(2)31(34(44)45)37-26-17-28(41)21-39(19-26)33(43)30(15-24-12-8-5-9-13-24)36-25-16-27(40)20-38(18-25)32(42)29(35)14-23-10-6-4-7-11-23/h4-13,18-19,22,29-31,36-37H,3,14-17,20-21,35H2,1-2H3,(H,44,45). The predicted molar refractivity (Wildman–Crippen MR) is 168 cm³/mol. The molecule has 0 spiro atoms. The van der Waals surface area contributed by atoms with Crippen molar-refractivity contribution >= 4 is 29.4 Å². The molecule has 0 aliphatic carbocycles. The van der Waals surface area contributed by atoms with Crippen LogP contribution < -0.4 is 16.4 Å². The average Bonchev–Trinajstić information content (AvgIpc) is 3.02. The maximum atomic E-state index is 14.0. The third kappa shape index (κ3) is 9.12. The number of carboxylic acid groups (broad SMARTS) is 1. The predicted octanol–water partition coefficient (Wildman–Crippen LogP) is 2.13. The van der Waals surface area contributed by atoms with Crippen LogP contribution in [0.3, 0.4) is 0 Å². The summed E-state index contributed by atoms with van der Waals surface area (Å²) in [5.41, 5.74) is 8.71. The zero-order valence-corrected chi connectivity index (χ0v) is 25.6. The molecule has 4 unspecified atom stereocenters. The van der Waals surface area contributed by atoms with E-state index in [1.807, 2.05) is 74.5 Å².